The molecule has 0 bridgehead atoms. The summed E-state index contributed by atoms with van der Waals surface area (Å²) in [5.74, 6) is 1.03. The molecule has 1 saturated heterocycles. The summed E-state index contributed by atoms with van der Waals surface area (Å²) in [4.78, 5) is 14.7. The summed E-state index contributed by atoms with van der Waals surface area (Å²) >= 11 is 0. The number of likely N-dealkylation sites (tertiary alicyclic amines) is 1. The first-order valence-corrected chi connectivity index (χ1v) is 7.72. The van der Waals surface area contributed by atoms with Crippen LogP contribution in [0.3, 0.4) is 0 Å². The van der Waals surface area contributed by atoms with E-state index in [-0.39, 0.29) is 17.9 Å². The minimum Gasteiger partial charge on any atom is -0.393 e. The van der Waals surface area contributed by atoms with Crippen molar-refractivity contribution in [2.75, 3.05) is 13.1 Å². The molecule has 1 heterocycles. The molecule has 2 aliphatic rings. The summed E-state index contributed by atoms with van der Waals surface area (Å²) in [6, 6.07) is 10.1. The summed E-state index contributed by atoms with van der Waals surface area (Å²) in [6.45, 7) is 3.65. The Hall–Kier alpha value is -1.35. The molecule has 0 aromatic heterocycles. The maximum absolute atomic E-state index is 12.8. The van der Waals surface area contributed by atoms with Crippen molar-refractivity contribution in [3.05, 3.63) is 35.9 Å². The van der Waals surface area contributed by atoms with Crippen LogP contribution in [0.2, 0.25) is 0 Å². The van der Waals surface area contributed by atoms with Gasteiger partial charge in [0.1, 0.15) is 0 Å². The number of aliphatic hydroxyl groups is 1. The maximum Gasteiger partial charge on any atom is 0.230 e. The molecule has 1 N–H and O–H groups in total. The number of carbonyl (C=O) groups is 1. The van der Waals surface area contributed by atoms with Gasteiger partial charge in [-0.15, -0.1) is 0 Å². The number of hydrogen-bond acceptors (Lipinski definition) is 2. The van der Waals surface area contributed by atoms with Crippen molar-refractivity contribution >= 4 is 5.91 Å². The van der Waals surface area contributed by atoms with E-state index in [4.69, 9.17) is 0 Å². The van der Waals surface area contributed by atoms with Crippen LogP contribution in [-0.2, 0) is 4.79 Å². The third kappa shape index (κ3) is 2.35. The zero-order valence-electron chi connectivity index (χ0n) is 12.0. The van der Waals surface area contributed by atoms with Gasteiger partial charge in [0.2, 0.25) is 5.91 Å². The van der Waals surface area contributed by atoms with Gasteiger partial charge in [-0.3, -0.25) is 4.79 Å². The van der Waals surface area contributed by atoms with E-state index in [0.717, 1.165) is 37.9 Å². The van der Waals surface area contributed by atoms with Gasteiger partial charge in [0.15, 0.2) is 0 Å². The second-order valence-electron chi connectivity index (χ2n) is 6.18. The van der Waals surface area contributed by atoms with E-state index < -0.39 is 0 Å². The van der Waals surface area contributed by atoms with Gasteiger partial charge < -0.3 is 10.0 Å². The summed E-state index contributed by atoms with van der Waals surface area (Å²) in [5.41, 5.74) is 1.11. The van der Waals surface area contributed by atoms with Gasteiger partial charge in [-0.05, 0) is 30.7 Å². The van der Waals surface area contributed by atoms with Crippen LogP contribution in [0.5, 0.6) is 0 Å². The molecule has 1 aliphatic carbocycles. The lowest BCUT2D eigenvalue weighted by Gasteiger charge is -2.24. The van der Waals surface area contributed by atoms with Crippen molar-refractivity contribution in [2.24, 2.45) is 11.8 Å². The standard InChI is InChI=1S/C17H23NO2/c1-2-14(12-6-4-3-5-7-12)17(20)18-10-13-8-9-16(19)15(13)11-18/h3-7,13-16,19H,2,8-11H2,1H3. The van der Waals surface area contributed by atoms with Gasteiger partial charge >= 0.3 is 0 Å². The molecule has 108 valence electrons. The lowest BCUT2D eigenvalue weighted by atomic mass is 9.95. The quantitative estimate of drug-likeness (QED) is 0.918. The van der Waals surface area contributed by atoms with E-state index in [1.165, 1.54) is 0 Å². The van der Waals surface area contributed by atoms with E-state index in [2.05, 4.69) is 6.92 Å². The highest BCUT2D eigenvalue weighted by Gasteiger charge is 2.44. The zero-order chi connectivity index (χ0) is 14.1. The van der Waals surface area contributed by atoms with Gasteiger partial charge in [0, 0.05) is 19.0 Å². The van der Waals surface area contributed by atoms with Gasteiger partial charge in [0.25, 0.3) is 0 Å². The fourth-order valence-electron chi connectivity index (χ4n) is 3.88. The normalized spacial score (nSPS) is 30.3. The molecular formula is C17H23NO2. The van der Waals surface area contributed by atoms with Gasteiger partial charge in [-0.25, -0.2) is 0 Å². The molecular weight excluding hydrogens is 250 g/mol. The number of aliphatic hydroxyl groups excluding tert-OH is 1. The number of nitrogens with zero attached hydrogens (tertiary/aromatic N) is 1. The van der Waals surface area contributed by atoms with Gasteiger partial charge in [-0.2, -0.15) is 0 Å². The zero-order valence-corrected chi connectivity index (χ0v) is 12.0. The second kappa shape index (κ2) is 5.57. The van der Waals surface area contributed by atoms with Crippen LogP contribution in [0, 0.1) is 11.8 Å². The monoisotopic (exact) mass is 273 g/mol. The number of benzene rings is 1. The highest BCUT2D eigenvalue weighted by atomic mass is 16.3. The smallest absolute Gasteiger partial charge is 0.230 e. The Kier molecular flexibility index (Phi) is 3.79. The van der Waals surface area contributed by atoms with Crippen LogP contribution in [0.1, 0.15) is 37.7 Å². The van der Waals surface area contributed by atoms with Crippen LogP contribution in [0.4, 0.5) is 0 Å². The Balaban J connectivity index is 1.72. The molecule has 0 radical (unpaired) electrons. The Morgan fingerprint density at radius 3 is 2.70 bits per heavy atom. The third-order valence-corrected chi connectivity index (χ3v) is 5.04. The Morgan fingerprint density at radius 1 is 1.30 bits per heavy atom. The molecule has 1 amide bonds. The molecule has 1 aromatic rings. The fourth-order valence-corrected chi connectivity index (χ4v) is 3.88. The molecule has 3 rings (SSSR count). The van der Waals surface area contributed by atoms with E-state index in [1.807, 2.05) is 35.2 Å². The van der Waals surface area contributed by atoms with Crippen molar-refractivity contribution in [3.8, 4) is 0 Å². The van der Waals surface area contributed by atoms with E-state index in [1.54, 1.807) is 0 Å². The number of amides is 1. The molecule has 1 aliphatic heterocycles. The number of hydrogen-bond donors (Lipinski definition) is 1. The van der Waals surface area contributed by atoms with Crippen LogP contribution < -0.4 is 0 Å². The number of rotatable bonds is 3. The Bertz CT molecular complexity index is 473. The minimum absolute atomic E-state index is 0.0350. The van der Waals surface area contributed by atoms with Crippen LogP contribution in [0.15, 0.2) is 30.3 Å². The van der Waals surface area contributed by atoms with E-state index in [0.29, 0.717) is 11.8 Å². The highest BCUT2D eigenvalue weighted by molar-refractivity contribution is 5.84. The molecule has 4 atom stereocenters. The highest BCUT2D eigenvalue weighted by Crippen LogP contribution is 2.39. The van der Waals surface area contributed by atoms with Crippen molar-refractivity contribution in [1.29, 1.82) is 0 Å². The molecule has 4 unspecified atom stereocenters. The summed E-state index contributed by atoms with van der Waals surface area (Å²) < 4.78 is 0. The molecule has 1 saturated carbocycles. The first-order valence-electron chi connectivity index (χ1n) is 7.72. The van der Waals surface area contributed by atoms with E-state index in [9.17, 15) is 9.90 Å². The van der Waals surface area contributed by atoms with E-state index >= 15 is 0 Å². The largest absolute Gasteiger partial charge is 0.393 e. The third-order valence-electron chi connectivity index (χ3n) is 5.04. The minimum atomic E-state index is -0.199. The molecule has 1 aromatic carbocycles. The van der Waals surface area contributed by atoms with Crippen molar-refractivity contribution in [1.82, 2.24) is 4.90 Å². The summed E-state index contributed by atoms with van der Waals surface area (Å²) in [6.07, 6.45) is 2.61. The molecule has 20 heavy (non-hydrogen) atoms. The van der Waals surface area contributed by atoms with Crippen molar-refractivity contribution in [2.45, 2.75) is 38.2 Å². The maximum atomic E-state index is 12.8. The predicted molar refractivity (Wildman–Crippen MR) is 78.3 cm³/mol. The summed E-state index contributed by atoms with van der Waals surface area (Å²) in [5, 5.41) is 9.97. The number of carbonyl (C=O) groups excluding carboxylic acids is 1. The lowest BCUT2D eigenvalue weighted by molar-refractivity contribution is -0.132. The topological polar surface area (TPSA) is 40.5 Å². The first kappa shape index (κ1) is 13.6. The Morgan fingerprint density at radius 2 is 2.05 bits per heavy atom. The second-order valence-corrected chi connectivity index (χ2v) is 6.18. The van der Waals surface area contributed by atoms with Crippen LogP contribution in [0.25, 0.3) is 0 Å². The predicted octanol–water partition coefficient (Wildman–Crippen LogP) is 2.41. The first-order chi connectivity index (χ1) is 9.70. The molecule has 0 spiro atoms. The molecule has 3 nitrogen and oxygen atoms in total. The molecule has 3 heteroatoms. The van der Waals surface area contributed by atoms with Gasteiger partial charge in [-0.1, -0.05) is 37.3 Å². The van der Waals surface area contributed by atoms with Crippen molar-refractivity contribution in [3.63, 3.8) is 0 Å². The van der Waals surface area contributed by atoms with Gasteiger partial charge in [0.05, 0.1) is 12.0 Å². The average Bonchev–Trinajstić information content (AvgIpc) is 3.03. The number of fused-ring (bicyclic) bond motifs is 1. The molecule has 2 fully saturated rings. The fraction of sp³-hybridized carbons (Fsp3) is 0.588. The summed E-state index contributed by atoms with van der Waals surface area (Å²) in [7, 11) is 0. The SMILES string of the molecule is CCC(C(=O)N1CC2CCC(O)C2C1)c1ccccc1. The van der Waals surface area contributed by atoms with Crippen LogP contribution >= 0.6 is 0 Å². The Labute approximate surface area is 120 Å². The van der Waals surface area contributed by atoms with Crippen molar-refractivity contribution < 1.29 is 9.90 Å². The lowest BCUT2D eigenvalue weighted by Crippen LogP contribution is -2.34. The van der Waals surface area contributed by atoms with Crippen LogP contribution in [-0.4, -0.2) is 35.1 Å². The average molecular weight is 273 g/mol.